The van der Waals surface area contributed by atoms with E-state index in [0.717, 1.165) is 16.9 Å². The molecule has 1 unspecified atom stereocenters. The lowest BCUT2D eigenvalue weighted by Gasteiger charge is -2.20. The number of carbonyl (C=O) groups is 1. The number of nitrogens with zero attached hydrogens (tertiary/aromatic N) is 3. The Morgan fingerprint density at radius 3 is 2.75 bits per heavy atom. The number of hydrogen-bond donors (Lipinski definition) is 2. The zero-order chi connectivity index (χ0) is 20.0. The fourth-order valence-electron chi connectivity index (χ4n) is 3.30. The van der Waals surface area contributed by atoms with Crippen LogP contribution in [0.4, 0.5) is 0 Å². The minimum Gasteiger partial charge on any atom is -0.341 e. The number of benzene rings is 1. The number of thiophene rings is 1. The molecule has 0 aliphatic rings. The van der Waals surface area contributed by atoms with Crippen LogP contribution in [-0.4, -0.2) is 25.4 Å². The van der Waals surface area contributed by atoms with E-state index >= 15 is 0 Å². The standard InChI is InChI=1S/C20H21N5O2S/c1-10(2)15(17-22-12-7-5-6-8-13(12)23-17)24-18(26)16-11(3)14-19(28-16)21-9-25(4)20(14)27/h5-10,15H,1-4H3,(H,22,23)(H,24,26). The van der Waals surface area contributed by atoms with Crippen LogP contribution >= 0.6 is 11.3 Å². The molecule has 0 saturated heterocycles. The predicted molar refractivity (Wildman–Crippen MR) is 111 cm³/mol. The van der Waals surface area contributed by atoms with Crippen molar-refractivity contribution in [3.63, 3.8) is 0 Å². The van der Waals surface area contributed by atoms with E-state index in [1.807, 2.05) is 38.1 Å². The molecule has 3 aromatic heterocycles. The van der Waals surface area contributed by atoms with Crippen molar-refractivity contribution in [2.45, 2.75) is 26.8 Å². The molecular weight excluding hydrogens is 374 g/mol. The average Bonchev–Trinajstić information content (AvgIpc) is 3.23. The number of nitrogens with one attached hydrogen (secondary N) is 2. The van der Waals surface area contributed by atoms with E-state index in [4.69, 9.17) is 0 Å². The maximum absolute atomic E-state index is 13.1. The molecule has 0 aliphatic carbocycles. The molecule has 1 atom stereocenters. The molecular formula is C20H21N5O2S. The Kier molecular flexibility index (Phi) is 4.50. The first-order chi connectivity index (χ1) is 13.4. The number of rotatable bonds is 4. The van der Waals surface area contributed by atoms with Gasteiger partial charge in [-0.1, -0.05) is 26.0 Å². The highest BCUT2D eigenvalue weighted by atomic mass is 32.1. The number of aromatic nitrogens is 4. The molecule has 4 aromatic rings. The van der Waals surface area contributed by atoms with Crippen molar-refractivity contribution in [3.05, 3.63) is 57.2 Å². The lowest BCUT2D eigenvalue weighted by molar-refractivity contribution is 0.0927. The Bertz CT molecular complexity index is 1220. The summed E-state index contributed by atoms with van der Waals surface area (Å²) in [4.78, 5) is 38.8. The topological polar surface area (TPSA) is 92.7 Å². The number of carbonyl (C=O) groups excluding carboxylic acids is 1. The van der Waals surface area contributed by atoms with Crippen molar-refractivity contribution in [1.82, 2.24) is 24.8 Å². The second kappa shape index (κ2) is 6.87. The second-order valence-corrected chi connectivity index (χ2v) is 8.23. The largest absolute Gasteiger partial charge is 0.341 e. The summed E-state index contributed by atoms with van der Waals surface area (Å²) in [6.07, 6.45) is 1.48. The van der Waals surface area contributed by atoms with Gasteiger partial charge in [0.25, 0.3) is 11.5 Å². The molecule has 1 amide bonds. The lowest BCUT2D eigenvalue weighted by atomic mass is 10.0. The Morgan fingerprint density at radius 1 is 1.29 bits per heavy atom. The highest BCUT2D eigenvalue weighted by Gasteiger charge is 2.25. The third kappa shape index (κ3) is 2.99. The number of aromatic amines is 1. The van der Waals surface area contributed by atoms with Gasteiger partial charge in [0.2, 0.25) is 0 Å². The summed E-state index contributed by atoms with van der Waals surface area (Å²) in [7, 11) is 1.65. The molecule has 28 heavy (non-hydrogen) atoms. The molecule has 0 saturated carbocycles. The molecule has 0 bridgehead atoms. The van der Waals surface area contributed by atoms with Gasteiger partial charge in [0.05, 0.1) is 33.7 Å². The number of amides is 1. The normalized spacial score (nSPS) is 12.8. The monoisotopic (exact) mass is 395 g/mol. The van der Waals surface area contributed by atoms with E-state index in [1.165, 1.54) is 22.2 Å². The summed E-state index contributed by atoms with van der Waals surface area (Å²) < 4.78 is 1.43. The van der Waals surface area contributed by atoms with Crippen molar-refractivity contribution in [3.8, 4) is 0 Å². The molecule has 4 rings (SSSR count). The molecule has 8 heteroatoms. The van der Waals surface area contributed by atoms with Crippen LogP contribution in [0.5, 0.6) is 0 Å². The summed E-state index contributed by atoms with van der Waals surface area (Å²) in [5.74, 6) is 0.629. The maximum atomic E-state index is 13.1. The van der Waals surface area contributed by atoms with Gasteiger partial charge in [-0.15, -0.1) is 11.3 Å². The molecule has 0 fully saturated rings. The minimum absolute atomic E-state index is 0.130. The quantitative estimate of drug-likeness (QED) is 0.554. The number of aryl methyl sites for hydroxylation is 2. The van der Waals surface area contributed by atoms with E-state index in [0.29, 0.717) is 20.7 Å². The van der Waals surface area contributed by atoms with E-state index < -0.39 is 0 Å². The summed E-state index contributed by atoms with van der Waals surface area (Å²) in [5.41, 5.74) is 2.32. The van der Waals surface area contributed by atoms with E-state index in [9.17, 15) is 9.59 Å². The zero-order valence-electron chi connectivity index (χ0n) is 16.1. The van der Waals surface area contributed by atoms with E-state index in [1.54, 1.807) is 14.0 Å². The van der Waals surface area contributed by atoms with Crippen LogP contribution in [0.25, 0.3) is 21.3 Å². The maximum Gasteiger partial charge on any atom is 0.262 e. The van der Waals surface area contributed by atoms with Crippen LogP contribution in [-0.2, 0) is 7.05 Å². The average molecular weight is 395 g/mol. The second-order valence-electron chi connectivity index (χ2n) is 7.23. The summed E-state index contributed by atoms with van der Waals surface area (Å²) in [6.45, 7) is 5.86. The minimum atomic E-state index is -0.277. The Balaban J connectivity index is 1.71. The van der Waals surface area contributed by atoms with Crippen LogP contribution in [0, 0.1) is 12.8 Å². The summed E-state index contributed by atoms with van der Waals surface area (Å²) in [5, 5.41) is 3.59. The summed E-state index contributed by atoms with van der Waals surface area (Å²) >= 11 is 1.24. The fourth-order valence-corrected chi connectivity index (χ4v) is 4.35. The van der Waals surface area contributed by atoms with Gasteiger partial charge in [-0.2, -0.15) is 0 Å². The molecule has 0 radical (unpaired) electrons. The molecule has 1 aromatic carbocycles. The van der Waals surface area contributed by atoms with Gasteiger partial charge in [0, 0.05) is 7.05 Å². The van der Waals surface area contributed by atoms with Crippen molar-refractivity contribution < 1.29 is 4.79 Å². The fraction of sp³-hybridized carbons (Fsp3) is 0.300. The molecule has 7 nitrogen and oxygen atoms in total. The lowest BCUT2D eigenvalue weighted by Crippen LogP contribution is -2.32. The van der Waals surface area contributed by atoms with Crippen LogP contribution in [0.15, 0.2) is 35.4 Å². The van der Waals surface area contributed by atoms with Crippen molar-refractivity contribution in [2.75, 3.05) is 0 Å². The first-order valence-electron chi connectivity index (χ1n) is 9.07. The van der Waals surface area contributed by atoms with Gasteiger partial charge < -0.3 is 14.9 Å². The Hall–Kier alpha value is -3.00. The number of hydrogen-bond acceptors (Lipinski definition) is 5. The van der Waals surface area contributed by atoms with Gasteiger partial charge in [-0.25, -0.2) is 9.97 Å². The number of imidazole rings is 1. The highest BCUT2D eigenvalue weighted by Crippen LogP contribution is 2.28. The van der Waals surface area contributed by atoms with Crippen LogP contribution < -0.4 is 10.9 Å². The SMILES string of the molecule is Cc1c(C(=O)NC(c2nc3ccccc3[nH]2)C(C)C)sc2ncn(C)c(=O)c12. The first-order valence-corrected chi connectivity index (χ1v) is 9.88. The highest BCUT2D eigenvalue weighted by molar-refractivity contribution is 7.20. The first kappa shape index (κ1) is 18.4. The van der Waals surface area contributed by atoms with Crippen LogP contribution in [0.2, 0.25) is 0 Å². The van der Waals surface area contributed by atoms with Gasteiger partial charge in [0.1, 0.15) is 10.7 Å². The number of fused-ring (bicyclic) bond motifs is 2. The van der Waals surface area contributed by atoms with Crippen LogP contribution in [0.3, 0.4) is 0 Å². The third-order valence-corrected chi connectivity index (χ3v) is 6.07. The summed E-state index contributed by atoms with van der Waals surface area (Å²) in [6, 6.07) is 7.50. The van der Waals surface area contributed by atoms with E-state index in [2.05, 4.69) is 20.3 Å². The predicted octanol–water partition coefficient (Wildman–Crippen LogP) is 3.31. The Morgan fingerprint density at radius 2 is 2.04 bits per heavy atom. The van der Waals surface area contributed by atoms with Gasteiger partial charge >= 0.3 is 0 Å². The third-order valence-electron chi connectivity index (χ3n) is 4.87. The molecule has 0 spiro atoms. The Labute approximate surface area is 165 Å². The molecule has 0 aliphatic heterocycles. The van der Waals surface area contributed by atoms with Crippen molar-refractivity contribution >= 4 is 38.5 Å². The van der Waals surface area contributed by atoms with Gasteiger partial charge in [-0.3, -0.25) is 9.59 Å². The van der Waals surface area contributed by atoms with Gasteiger partial charge in [0.15, 0.2) is 0 Å². The van der Waals surface area contributed by atoms with Gasteiger partial charge in [-0.05, 0) is 30.5 Å². The van der Waals surface area contributed by atoms with Crippen molar-refractivity contribution in [1.29, 1.82) is 0 Å². The van der Waals surface area contributed by atoms with Crippen molar-refractivity contribution in [2.24, 2.45) is 13.0 Å². The molecule has 3 heterocycles. The smallest absolute Gasteiger partial charge is 0.262 e. The molecule has 2 N–H and O–H groups in total. The molecule has 144 valence electrons. The number of para-hydroxylation sites is 2. The van der Waals surface area contributed by atoms with E-state index in [-0.39, 0.29) is 23.4 Å². The van der Waals surface area contributed by atoms with Crippen LogP contribution in [0.1, 0.15) is 40.9 Å². The zero-order valence-corrected chi connectivity index (χ0v) is 16.9. The number of H-pyrrole nitrogens is 1.